The summed E-state index contributed by atoms with van der Waals surface area (Å²) in [6, 6.07) is 5.12. The molecular formula is C15H21IN2O2. The van der Waals surface area contributed by atoms with E-state index < -0.39 is 0 Å². The Labute approximate surface area is 133 Å². The van der Waals surface area contributed by atoms with Crippen LogP contribution in [-0.4, -0.2) is 53.5 Å². The number of phenolic OH excluding ortho intramolecular Hbond substituents is 1. The highest BCUT2D eigenvalue weighted by molar-refractivity contribution is 14.1. The van der Waals surface area contributed by atoms with Crippen molar-refractivity contribution in [3.05, 3.63) is 27.3 Å². The number of phenols is 1. The monoisotopic (exact) mass is 388 g/mol. The summed E-state index contributed by atoms with van der Waals surface area (Å²) < 4.78 is 0.765. The van der Waals surface area contributed by atoms with Gasteiger partial charge in [-0.1, -0.05) is 13.8 Å². The summed E-state index contributed by atoms with van der Waals surface area (Å²) >= 11 is 2.05. The molecule has 20 heavy (non-hydrogen) atoms. The van der Waals surface area contributed by atoms with Crippen LogP contribution >= 0.6 is 22.6 Å². The Morgan fingerprint density at radius 2 is 1.95 bits per heavy atom. The van der Waals surface area contributed by atoms with Crippen LogP contribution in [0.4, 0.5) is 0 Å². The predicted octanol–water partition coefficient (Wildman–Crippen LogP) is 2.41. The van der Waals surface area contributed by atoms with Crippen molar-refractivity contribution in [2.24, 2.45) is 5.92 Å². The van der Waals surface area contributed by atoms with E-state index in [1.54, 1.807) is 18.2 Å². The Bertz CT molecular complexity index is 483. The maximum absolute atomic E-state index is 12.4. The van der Waals surface area contributed by atoms with Crippen molar-refractivity contribution >= 4 is 28.5 Å². The standard InChI is InChI=1S/C15H21IN2O2/c1-11(2)10-17-5-7-18(8-6-17)15(20)12-3-4-13(16)14(19)9-12/h3-4,9,11,19H,5-8,10H2,1-2H3. The first-order valence-corrected chi connectivity index (χ1v) is 8.05. The number of hydrogen-bond acceptors (Lipinski definition) is 3. The number of benzene rings is 1. The van der Waals surface area contributed by atoms with Crippen LogP contribution in [-0.2, 0) is 0 Å². The molecule has 1 heterocycles. The van der Waals surface area contributed by atoms with Gasteiger partial charge >= 0.3 is 0 Å². The molecule has 1 N–H and O–H groups in total. The highest BCUT2D eigenvalue weighted by atomic mass is 127. The Morgan fingerprint density at radius 1 is 1.30 bits per heavy atom. The Kier molecular flexibility index (Phi) is 5.26. The molecule has 1 aliphatic rings. The maximum Gasteiger partial charge on any atom is 0.254 e. The normalized spacial score (nSPS) is 16.7. The molecule has 0 aromatic heterocycles. The summed E-state index contributed by atoms with van der Waals surface area (Å²) in [5, 5.41) is 9.70. The third-order valence-electron chi connectivity index (χ3n) is 3.48. The molecule has 0 saturated carbocycles. The van der Waals surface area contributed by atoms with E-state index in [-0.39, 0.29) is 11.7 Å². The number of piperazine rings is 1. The lowest BCUT2D eigenvalue weighted by Crippen LogP contribution is -2.49. The van der Waals surface area contributed by atoms with Crippen molar-refractivity contribution in [1.82, 2.24) is 9.80 Å². The van der Waals surface area contributed by atoms with Crippen LogP contribution in [0.25, 0.3) is 0 Å². The van der Waals surface area contributed by atoms with Gasteiger partial charge in [0.2, 0.25) is 0 Å². The molecule has 2 rings (SSSR count). The maximum atomic E-state index is 12.4. The first-order chi connectivity index (χ1) is 9.47. The summed E-state index contributed by atoms with van der Waals surface area (Å²) in [7, 11) is 0. The van der Waals surface area contributed by atoms with Crippen LogP contribution in [0.3, 0.4) is 0 Å². The fourth-order valence-corrected chi connectivity index (χ4v) is 2.81. The molecule has 0 unspecified atom stereocenters. The minimum Gasteiger partial charge on any atom is -0.507 e. The lowest BCUT2D eigenvalue weighted by atomic mass is 10.1. The number of carbonyl (C=O) groups excluding carboxylic acids is 1. The smallest absolute Gasteiger partial charge is 0.254 e. The summed E-state index contributed by atoms with van der Waals surface area (Å²) in [6.45, 7) is 8.90. The lowest BCUT2D eigenvalue weighted by Gasteiger charge is -2.35. The van der Waals surface area contributed by atoms with Crippen molar-refractivity contribution in [2.75, 3.05) is 32.7 Å². The first kappa shape index (κ1) is 15.6. The lowest BCUT2D eigenvalue weighted by molar-refractivity contribution is 0.0623. The first-order valence-electron chi connectivity index (χ1n) is 6.97. The van der Waals surface area contributed by atoms with E-state index in [9.17, 15) is 9.90 Å². The molecule has 1 aliphatic heterocycles. The van der Waals surface area contributed by atoms with E-state index in [0.717, 1.165) is 36.3 Å². The van der Waals surface area contributed by atoms with Gasteiger partial charge in [-0.25, -0.2) is 0 Å². The molecule has 1 aromatic carbocycles. The van der Waals surface area contributed by atoms with Gasteiger partial charge in [0, 0.05) is 38.3 Å². The molecule has 110 valence electrons. The fraction of sp³-hybridized carbons (Fsp3) is 0.533. The third kappa shape index (κ3) is 3.85. The van der Waals surface area contributed by atoms with Crippen molar-refractivity contribution in [2.45, 2.75) is 13.8 Å². The Morgan fingerprint density at radius 3 is 2.50 bits per heavy atom. The van der Waals surface area contributed by atoms with Gasteiger partial charge in [-0.2, -0.15) is 0 Å². The second-order valence-corrected chi connectivity index (χ2v) is 6.82. The molecule has 5 heteroatoms. The molecular weight excluding hydrogens is 367 g/mol. The Balaban J connectivity index is 1.96. The third-order valence-corrected chi connectivity index (χ3v) is 4.39. The second-order valence-electron chi connectivity index (χ2n) is 5.65. The van der Waals surface area contributed by atoms with Gasteiger partial charge in [-0.15, -0.1) is 0 Å². The average Bonchev–Trinajstić information content (AvgIpc) is 2.41. The van der Waals surface area contributed by atoms with Gasteiger partial charge in [-0.3, -0.25) is 9.69 Å². The van der Waals surface area contributed by atoms with E-state index in [4.69, 9.17) is 0 Å². The van der Waals surface area contributed by atoms with E-state index in [1.807, 2.05) is 4.90 Å². The van der Waals surface area contributed by atoms with Crippen LogP contribution in [0.1, 0.15) is 24.2 Å². The quantitative estimate of drug-likeness (QED) is 0.809. The highest BCUT2D eigenvalue weighted by Gasteiger charge is 2.22. The SMILES string of the molecule is CC(C)CN1CCN(C(=O)c2ccc(I)c(O)c2)CC1. The van der Waals surface area contributed by atoms with Gasteiger partial charge in [0.25, 0.3) is 5.91 Å². The van der Waals surface area contributed by atoms with Crippen LogP contribution < -0.4 is 0 Å². The molecule has 1 amide bonds. The zero-order valence-corrected chi connectivity index (χ0v) is 14.1. The minimum atomic E-state index is 0.0147. The van der Waals surface area contributed by atoms with Gasteiger partial charge in [0.15, 0.2) is 0 Å². The number of amides is 1. The van der Waals surface area contributed by atoms with Gasteiger partial charge in [0.05, 0.1) is 3.57 Å². The van der Waals surface area contributed by atoms with E-state index >= 15 is 0 Å². The van der Waals surface area contributed by atoms with Gasteiger partial charge in [0.1, 0.15) is 5.75 Å². The van der Waals surface area contributed by atoms with E-state index in [0.29, 0.717) is 11.5 Å². The Hall–Kier alpha value is -0.820. The second kappa shape index (κ2) is 6.76. The molecule has 0 radical (unpaired) electrons. The number of halogens is 1. The molecule has 0 spiro atoms. The summed E-state index contributed by atoms with van der Waals surface area (Å²) in [5.41, 5.74) is 0.570. The number of nitrogens with zero attached hydrogens (tertiary/aromatic N) is 2. The molecule has 1 saturated heterocycles. The largest absolute Gasteiger partial charge is 0.507 e. The van der Waals surface area contributed by atoms with Crippen LogP contribution in [0, 0.1) is 9.49 Å². The molecule has 1 aromatic rings. The number of hydrogen-bond donors (Lipinski definition) is 1. The molecule has 1 fully saturated rings. The number of carbonyl (C=O) groups is 1. The average molecular weight is 388 g/mol. The van der Waals surface area contributed by atoms with Crippen molar-refractivity contribution < 1.29 is 9.90 Å². The highest BCUT2D eigenvalue weighted by Crippen LogP contribution is 2.21. The summed E-state index contributed by atoms with van der Waals surface area (Å²) in [5.74, 6) is 0.848. The summed E-state index contributed by atoms with van der Waals surface area (Å²) in [4.78, 5) is 16.7. The van der Waals surface area contributed by atoms with Gasteiger partial charge in [-0.05, 0) is 46.7 Å². The molecule has 4 nitrogen and oxygen atoms in total. The molecule has 0 aliphatic carbocycles. The molecule has 0 atom stereocenters. The molecule has 0 bridgehead atoms. The minimum absolute atomic E-state index is 0.0147. The van der Waals surface area contributed by atoms with E-state index in [2.05, 4.69) is 41.3 Å². The van der Waals surface area contributed by atoms with Crippen LogP contribution in [0.2, 0.25) is 0 Å². The summed E-state index contributed by atoms with van der Waals surface area (Å²) in [6.07, 6.45) is 0. The van der Waals surface area contributed by atoms with Crippen molar-refractivity contribution in [3.8, 4) is 5.75 Å². The fourth-order valence-electron chi connectivity index (χ4n) is 2.48. The van der Waals surface area contributed by atoms with Crippen molar-refractivity contribution in [3.63, 3.8) is 0 Å². The number of rotatable bonds is 3. The van der Waals surface area contributed by atoms with E-state index in [1.165, 1.54) is 0 Å². The number of aromatic hydroxyl groups is 1. The topological polar surface area (TPSA) is 43.8 Å². The van der Waals surface area contributed by atoms with Crippen LogP contribution in [0.15, 0.2) is 18.2 Å². The zero-order valence-electron chi connectivity index (χ0n) is 12.0. The predicted molar refractivity (Wildman–Crippen MR) is 88.0 cm³/mol. The zero-order chi connectivity index (χ0) is 14.7. The van der Waals surface area contributed by atoms with Gasteiger partial charge < -0.3 is 10.0 Å². The van der Waals surface area contributed by atoms with Crippen LogP contribution in [0.5, 0.6) is 5.75 Å². The van der Waals surface area contributed by atoms with Crippen molar-refractivity contribution in [1.29, 1.82) is 0 Å².